The number of aromatic nitrogens is 2. The zero-order chi connectivity index (χ0) is 14.3. The van der Waals surface area contributed by atoms with Gasteiger partial charge in [-0.25, -0.2) is 4.98 Å². The first kappa shape index (κ1) is 13.7. The van der Waals surface area contributed by atoms with E-state index in [9.17, 15) is 0 Å². The minimum Gasteiger partial charge on any atom is -0.319 e. The van der Waals surface area contributed by atoms with Gasteiger partial charge in [-0.1, -0.05) is 12.1 Å². The second-order valence-corrected chi connectivity index (χ2v) is 6.69. The average molecular weight is 305 g/mol. The highest BCUT2D eigenvalue weighted by molar-refractivity contribution is 7.12. The van der Waals surface area contributed by atoms with Crippen molar-refractivity contribution in [2.24, 2.45) is 0 Å². The highest BCUT2D eigenvalue weighted by Gasteiger charge is 2.18. The van der Waals surface area contributed by atoms with Gasteiger partial charge in [0.15, 0.2) is 0 Å². The fraction of sp³-hybridized carbons (Fsp3) is 0.312. The van der Waals surface area contributed by atoms with Crippen molar-refractivity contribution in [2.45, 2.75) is 32.7 Å². The van der Waals surface area contributed by atoms with Gasteiger partial charge in [0.1, 0.15) is 5.82 Å². The van der Waals surface area contributed by atoms with Crippen LogP contribution in [0.25, 0.3) is 11.0 Å². The normalized spacial score (nSPS) is 13.0. The SMILES string of the molecule is Cc1ccc(C(C)n2c(CCl)nc3c(C)cccc32)s1. The molecule has 0 aliphatic heterocycles. The summed E-state index contributed by atoms with van der Waals surface area (Å²) in [5, 5.41) is 0. The molecule has 0 saturated heterocycles. The highest BCUT2D eigenvalue weighted by Crippen LogP contribution is 2.31. The molecule has 2 nitrogen and oxygen atoms in total. The molecule has 1 aromatic carbocycles. The lowest BCUT2D eigenvalue weighted by atomic mass is 10.2. The van der Waals surface area contributed by atoms with E-state index in [2.05, 4.69) is 55.7 Å². The molecule has 0 saturated carbocycles. The molecule has 0 bridgehead atoms. The molecule has 0 amide bonds. The number of para-hydroxylation sites is 1. The van der Waals surface area contributed by atoms with E-state index in [-0.39, 0.29) is 6.04 Å². The number of rotatable bonds is 3. The van der Waals surface area contributed by atoms with Gasteiger partial charge >= 0.3 is 0 Å². The van der Waals surface area contributed by atoms with E-state index in [1.54, 1.807) is 0 Å². The summed E-state index contributed by atoms with van der Waals surface area (Å²) < 4.78 is 2.26. The van der Waals surface area contributed by atoms with Crippen LogP contribution in [-0.4, -0.2) is 9.55 Å². The minimum absolute atomic E-state index is 0.259. The van der Waals surface area contributed by atoms with Crippen LogP contribution in [0.4, 0.5) is 0 Å². The average Bonchev–Trinajstić information content (AvgIpc) is 3.02. The van der Waals surface area contributed by atoms with Gasteiger partial charge in [0, 0.05) is 9.75 Å². The molecule has 3 rings (SSSR count). The molecule has 2 aromatic heterocycles. The molecule has 0 radical (unpaired) electrons. The van der Waals surface area contributed by atoms with Crippen molar-refractivity contribution in [3.63, 3.8) is 0 Å². The van der Waals surface area contributed by atoms with E-state index in [0.717, 1.165) is 11.3 Å². The van der Waals surface area contributed by atoms with Crippen LogP contribution in [0.3, 0.4) is 0 Å². The molecule has 0 aliphatic rings. The van der Waals surface area contributed by atoms with E-state index >= 15 is 0 Å². The Bertz CT molecular complexity index is 757. The van der Waals surface area contributed by atoms with Gasteiger partial charge in [-0.05, 0) is 44.5 Å². The van der Waals surface area contributed by atoms with E-state index in [1.165, 1.54) is 20.8 Å². The van der Waals surface area contributed by atoms with Crippen LogP contribution in [0.2, 0.25) is 0 Å². The van der Waals surface area contributed by atoms with Gasteiger partial charge in [-0.15, -0.1) is 22.9 Å². The fourth-order valence-corrected chi connectivity index (χ4v) is 3.75. The van der Waals surface area contributed by atoms with Crippen LogP contribution in [0.1, 0.15) is 34.1 Å². The predicted molar refractivity (Wildman–Crippen MR) is 86.9 cm³/mol. The summed E-state index contributed by atoms with van der Waals surface area (Å²) in [5.74, 6) is 1.37. The minimum atomic E-state index is 0.259. The lowest BCUT2D eigenvalue weighted by Crippen LogP contribution is -2.08. The highest BCUT2D eigenvalue weighted by atomic mass is 35.5. The maximum absolute atomic E-state index is 6.11. The first-order valence-electron chi connectivity index (χ1n) is 6.70. The van der Waals surface area contributed by atoms with Crippen molar-refractivity contribution in [1.29, 1.82) is 0 Å². The summed E-state index contributed by atoms with van der Waals surface area (Å²) in [6, 6.07) is 10.9. The number of halogens is 1. The summed E-state index contributed by atoms with van der Waals surface area (Å²) in [5.41, 5.74) is 3.42. The van der Waals surface area contributed by atoms with Gasteiger partial charge in [-0.2, -0.15) is 0 Å². The van der Waals surface area contributed by atoms with Gasteiger partial charge < -0.3 is 4.57 Å². The monoisotopic (exact) mass is 304 g/mol. The number of nitrogens with zero attached hydrogens (tertiary/aromatic N) is 2. The smallest absolute Gasteiger partial charge is 0.125 e. The zero-order valence-corrected chi connectivity index (χ0v) is 13.4. The summed E-state index contributed by atoms with van der Waals surface area (Å²) in [4.78, 5) is 7.40. The first-order chi connectivity index (χ1) is 9.61. The Balaban J connectivity index is 2.21. The van der Waals surface area contributed by atoms with Gasteiger partial charge in [0.05, 0.1) is 23.0 Å². The number of hydrogen-bond donors (Lipinski definition) is 0. The largest absolute Gasteiger partial charge is 0.319 e. The molecule has 4 heteroatoms. The maximum Gasteiger partial charge on any atom is 0.125 e. The second-order valence-electron chi connectivity index (χ2n) is 5.10. The summed E-state index contributed by atoms with van der Waals surface area (Å²) >= 11 is 7.95. The van der Waals surface area contributed by atoms with E-state index < -0.39 is 0 Å². The van der Waals surface area contributed by atoms with Gasteiger partial charge in [0.25, 0.3) is 0 Å². The van der Waals surface area contributed by atoms with Crippen molar-refractivity contribution in [2.75, 3.05) is 0 Å². The molecule has 104 valence electrons. The molecule has 1 unspecified atom stereocenters. The molecular formula is C16H17ClN2S. The quantitative estimate of drug-likeness (QED) is 0.618. The number of fused-ring (bicyclic) bond motifs is 1. The third kappa shape index (κ3) is 2.15. The number of alkyl halides is 1. The van der Waals surface area contributed by atoms with Crippen LogP contribution in [-0.2, 0) is 5.88 Å². The third-order valence-electron chi connectivity index (χ3n) is 3.67. The van der Waals surface area contributed by atoms with E-state index in [0.29, 0.717) is 5.88 Å². The first-order valence-corrected chi connectivity index (χ1v) is 8.05. The second kappa shape index (κ2) is 5.23. The van der Waals surface area contributed by atoms with E-state index in [1.807, 2.05) is 11.3 Å². The molecular weight excluding hydrogens is 288 g/mol. The lowest BCUT2D eigenvalue weighted by Gasteiger charge is -2.15. The molecule has 0 N–H and O–H groups in total. The van der Waals surface area contributed by atoms with Crippen molar-refractivity contribution < 1.29 is 0 Å². The number of benzene rings is 1. The van der Waals surface area contributed by atoms with Crippen LogP contribution in [0.5, 0.6) is 0 Å². The van der Waals surface area contributed by atoms with Crippen molar-refractivity contribution in [1.82, 2.24) is 9.55 Å². The number of thiophene rings is 1. The Morgan fingerprint density at radius 3 is 2.70 bits per heavy atom. The van der Waals surface area contributed by atoms with E-state index in [4.69, 9.17) is 16.6 Å². The van der Waals surface area contributed by atoms with Crippen molar-refractivity contribution in [3.8, 4) is 0 Å². The molecule has 3 aromatic rings. The van der Waals surface area contributed by atoms with Crippen molar-refractivity contribution >= 4 is 34.0 Å². The Hall–Kier alpha value is -1.32. The van der Waals surface area contributed by atoms with Gasteiger partial charge in [-0.3, -0.25) is 0 Å². The zero-order valence-electron chi connectivity index (χ0n) is 11.9. The Kier molecular flexibility index (Phi) is 3.57. The van der Waals surface area contributed by atoms with Crippen LogP contribution in [0.15, 0.2) is 30.3 Å². The standard InChI is InChI=1S/C16H17ClN2S/c1-10-5-4-6-13-16(10)18-15(9-17)19(13)12(3)14-8-7-11(2)20-14/h4-8,12H,9H2,1-3H3. The Morgan fingerprint density at radius 1 is 1.25 bits per heavy atom. The van der Waals surface area contributed by atoms with Crippen LogP contribution < -0.4 is 0 Å². The topological polar surface area (TPSA) is 17.8 Å². The van der Waals surface area contributed by atoms with Crippen molar-refractivity contribution in [3.05, 3.63) is 51.5 Å². The third-order valence-corrected chi connectivity index (χ3v) is 5.08. The molecule has 20 heavy (non-hydrogen) atoms. The number of imidazole rings is 1. The predicted octanol–water partition coefficient (Wildman–Crippen LogP) is 5.06. The number of aryl methyl sites for hydroxylation is 2. The molecule has 0 aliphatic carbocycles. The summed E-state index contributed by atoms with van der Waals surface area (Å²) in [7, 11) is 0. The molecule has 2 heterocycles. The fourth-order valence-electron chi connectivity index (χ4n) is 2.64. The van der Waals surface area contributed by atoms with Gasteiger partial charge in [0.2, 0.25) is 0 Å². The molecule has 0 fully saturated rings. The number of hydrogen-bond acceptors (Lipinski definition) is 2. The lowest BCUT2D eigenvalue weighted by molar-refractivity contribution is 0.644. The maximum atomic E-state index is 6.11. The summed E-state index contributed by atoms with van der Waals surface area (Å²) in [6.45, 7) is 6.45. The molecule has 0 spiro atoms. The Labute approximate surface area is 128 Å². The summed E-state index contributed by atoms with van der Waals surface area (Å²) in [6.07, 6.45) is 0. The van der Waals surface area contributed by atoms with Crippen LogP contribution >= 0.6 is 22.9 Å². The van der Waals surface area contributed by atoms with Crippen LogP contribution in [0, 0.1) is 13.8 Å². The molecule has 1 atom stereocenters. The Morgan fingerprint density at radius 2 is 2.05 bits per heavy atom.